The molecule has 0 spiro atoms. The van der Waals surface area contributed by atoms with Crippen LogP contribution in [-0.2, 0) is 13.0 Å². The quantitative estimate of drug-likeness (QED) is 0.796. The van der Waals surface area contributed by atoms with Crippen LogP contribution in [-0.4, -0.2) is 19.9 Å². The number of H-pyrrole nitrogens is 1. The molecule has 0 aromatic carbocycles. The molecule has 2 aromatic rings. The second-order valence-electron chi connectivity index (χ2n) is 3.69. The first-order valence-corrected chi connectivity index (χ1v) is 6.02. The lowest BCUT2D eigenvalue weighted by molar-refractivity contribution is 0.726. The number of aromatic nitrogens is 4. The van der Waals surface area contributed by atoms with Crippen LogP contribution in [0, 0.1) is 4.77 Å². The highest BCUT2D eigenvalue weighted by molar-refractivity contribution is 7.71. The monoisotopic (exact) mass is 249 g/mol. The molecule has 2 N–H and O–H groups in total. The number of aromatic amines is 1. The van der Waals surface area contributed by atoms with Gasteiger partial charge in [0.05, 0.1) is 12.2 Å². The highest BCUT2D eigenvalue weighted by atomic mass is 32.1. The molecule has 0 bridgehead atoms. The minimum atomic E-state index is 0.587. The van der Waals surface area contributed by atoms with Gasteiger partial charge in [-0.2, -0.15) is 5.10 Å². The van der Waals surface area contributed by atoms with E-state index in [2.05, 4.69) is 27.5 Å². The van der Waals surface area contributed by atoms with Crippen molar-refractivity contribution in [2.45, 2.75) is 26.3 Å². The third-order valence-corrected chi connectivity index (χ3v) is 2.63. The molecule has 17 heavy (non-hydrogen) atoms. The zero-order valence-corrected chi connectivity index (χ0v) is 10.5. The number of rotatable bonds is 5. The van der Waals surface area contributed by atoms with E-state index in [0.717, 1.165) is 24.4 Å². The van der Waals surface area contributed by atoms with Crippen molar-refractivity contribution in [3.05, 3.63) is 40.7 Å². The Hall–Kier alpha value is -1.69. The summed E-state index contributed by atoms with van der Waals surface area (Å²) in [6.45, 7) is 2.74. The normalized spacial score (nSPS) is 10.4. The van der Waals surface area contributed by atoms with E-state index in [1.54, 1.807) is 6.20 Å². The molecule has 0 amide bonds. The van der Waals surface area contributed by atoms with Gasteiger partial charge in [0.1, 0.15) is 0 Å². The topological polar surface area (TPSA) is 58.5 Å². The lowest BCUT2D eigenvalue weighted by Crippen LogP contribution is -2.18. The molecular formula is C11H15N5S. The zero-order chi connectivity index (χ0) is 12.1. The first-order valence-electron chi connectivity index (χ1n) is 5.61. The van der Waals surface area contributed by atoms with Crippen LogP contribution in [0.15, 0.2) is 24.4 Å². The van der Waals surface area contributed by atoms with Crippen molar-refractivity contribution in [1.82, 2.24) is 19.9 Å². The average Bonchev–Trinajstić information content (AvgIpc) is 2.70. The van der Waals surface area contributed by atoms with Crippen molar-refractivity contribution in [3.8, 4) is 0 Å². The van der Waals surface area contributed by atoms with E-state index in [-0.39, 0.29) is 0 Å². The molecule has 2 aromatic heterocycles. The summed E-state index contributed by atoms with van der Waals surface area (Å²) in [7, 11) is 0. The third kappa shape index (κ3) is 2.91. The second-order valence-corrected chi connectivity index (χ2v) is 4.07. The van der Waals surface area contributed by atoms with Crippen molar-refractivity contribution in [3.63, 3.8) is 0 Å². The van der Waals surface area contributed by atoms with Gasteiger partial charge in [0.25, 0.3) is 0 Å². The number of hydrogen-bond acceptors (Lipinski definition) is 4. The average molecular weight is 249 g/mol. The smallest absolute Gasteiger partial charge is 0.214 e. The molecule has 90 valence electrons. The summed E-state index contributed by atoms with van der Waals surface area (Å²) in [6.07, 6.45) is 3.70. The van der Waals surface area contributed by atoms with Gasteiger partial charge in [-0.3, -0.25) is 10.1 Å². The predicted molar refractivity (Wildman–Crippen MR) is 68.7 cm³/mol. The predicted octanol–water partition coefficient (Wildman–Crippen LogP) is 2.03. The van der Waals surface area contributed by atoms with Crippen LogP contribution in [0.4, 0.5) is 0 Å². The molecule has 0 aliphatic carbocycles. The summed E-state index contributed by atoms with van der Waals surface area (Å²) >= 11 is 5.16. The largest absolute Gasteiger partial charge is 0.316 e. The molecule has 6 heteroatoms. The maximum atomic E-state index is 5.16. The standard InChI is InChI=1S/C11H15N5S/c1-2-5-10-14-15-11(17)16(10)13-8-9-6-3-4-7-12-9/h3-4,6-7,13H,2,5,8H2,1H3,(H,15,17). The molecule has 5 nitrogen and oxygen atoms in total. The molecule has 0 atom stereocenters. The van der Waals surface area contributed by atoms with Crippen LogP contribution in [0.5, 0.6) is 0 Å². The lowest BCUT2D eigenvalue weighted by Gasteiger charge is -2.08. The minimum absolute atomic E-state index is 0.587. The van der Waals surface area contributed by atoms with Gasteiger partial charge >= 0.3 is 0 Å². The summed E-state index contributed by atoms with van der Waals surface area (Å²) in [6, 6.07) is 5.83. The molecule has 0 unspecified atom stereocenters. The van der Waals surface area contributed by atoms with Gasteiger partial charge in [-0.1, -0.05) is 13.0 Å². The van der Waals surface area contributed by atoms with E-state index >= 15 is 0 Å². The van der Waals surface area contributed by atoms with Crippen LogP contribution < -0.4 is 5.43 Å². The van der Waals surface area contributed by atoms with Gasteiger partial charge in [-0.05, 0) is 30.8 Å². The molecule has 0 aliphatic heterocycles. The van der Waals surface area contributed by atoms with Gasteiger partial charge in [-0.25, -0.2) is 4.68 Å². The van der Waals surface area contributed by atoms with Gasteiger partial charge in [-0.15, -0.1) is 0 Å². The molecule has 0 fully saturated rings. The zero-order valence-electron chi connectivity index (χ0n) is 9.68. The molecule has 2 heterocycles. The molecule has 2 rings (SSSR count). The summed E-state index contributed by atoms with van der Waals surface area (Å²) < 4.78 is 2.40. The fourth-order valence-corrected chi connectivity index (χ4v) is 1.76. The maximum absolute atomic E-state index is 5.16. The lowest BCUT2D eigenvalue weighted by atomic mass is 10.3. The number of aryl methyl sites for hydroxylation is 1. The fraction of sp³-hybridized carbons (Fsp3) is 0.364. The fourth-order valence-electron chi connectivity index (χ4n) is 1.55. The summed E-state index contributed by atoms with van der Waals surface area (Å²) in [5, 5.41) is 6.97. The van der Waals surface area contributed by atoms with Crippen molar-refractivity contribution >= 4 is 12.2 Å². The Morgan fingerprint density at radius 3 is 3.06 bits per heavy atom. The Balaban J connectivity index is 2.08. The van der Waals surface area contributed by atoms with Crippen molar-refractivity contribution in [2.75, 3.05) is 5.43 Å². The highest BCUT2D eigenvalue weighted by Gasteiger charge is 2.04. The number of hydrogen-bond donors (Lipinski definition) is 2. The number of nitrogens with zero attached hydrogens (tertiary/aromatic N) is 3. The van der Waals surface area contributed by atoms with Gasteiger partial charge in [0.15, 0.2) is 5.82 Å². The summed E-state index contributed by atoms with van der Waals surface area (Å²) in [5.41, 5.74) is 4.19. The Kier molecular flexibility index (Phi) is 3.87. The van der Waals surface area contributed by atoms with E-state index < -0.39 is 0 Å². The summed E-state index contributed by atoms with van der Waals surface area (Å²) in [5.74, 6) is 0.924. The molecule has 0 aliphatic rings. The van der Waals surface area contributed by atoms with Crippen LogP contribution >= 0.6 is 12.2 Å². The van der Waals surface area contributed by atoms with Crippen molar-refractivity contribution < 1.29 is 0 Å². The van der Waals surface area contributed by atoms with Crippen LogP contribution in [0.25, 0.3) is 0 Å². The highest BCUT2D eigenvalue weighted by Crippen LogP contribution is 2.00. The van der Waals surface area contributed by atoms with E-state index in [0.29, 0.717) is 11.3 Å². The van der Waals surface area contributed by atoms with Crippen LogP contribution in [0.1, 0.15) is 24.9 Å². The van der Waals surface area contributed by atoms with Gasteiger partial charge in [0.2, 0.25) is 4.77 Å². The Labute approximate surface area is 105 Å². The second kappa shape index (κ2) is 5.58. The minimum Gasteiger partial charge on any atom is -0.316 e. The van der Waals surface area contributed by atoms with E-state index in [9.17, 15) is 0 Å². The molecule has 0 saturated carbocycles. The van der Waals surface area contributed by atoms with Crippen LogP contribution in [0.3, 0.4) is 0 Å². The maximum Gasteiger partial charge on any atom is 0.214 e. The molecule has 0 saturated heterocycles. The molecule has 0 radical (unpaired) electrons. The van der Waals surface area contributed by atoms with Crippen molar-refractivity contribution in [2.24, 2.45) is 0 Å². The van der Waals surface area contributed by atoms with E-state index in [1.165, 1.54) is 0 Å². The van der Waals surface area contributed by atoms with Crippen LogP contribution in [0.2, 0.25) is 0 Å². The molecular weight excluding hydrogens is 234 g/mol. The Morgan fingerprint density at radius 2 is 2.35 bits per heavy atom. The van der Waals surface area contributed by atoms with Gasteiger partial charge in [0, 0.05) is 12.6 Å². The Bertz CT molecular complexity index is 516. The summed E-state index contributed by atoms with van der Waals surface area (Å²) in [4.78, 5) is 4.24. The van der Waals surface area contributed by atoms with E-state index in [4.69, 9.17) is 12.2 Å². The first-order chi connectivity index (χ1) is 8.31. The number of pyridine rings is 1. The Morgan fingerprint density at radius 1 is 1.47 bits per heavy atom. The first kappa shape index (κ1) is 11.8. The third-order valence-electron chi connectivity index (χ3n) is 2.36. The van der Waals surface area contributed by atoms with Crippen molar-refractivity contribution in [1.29, 1.82) is 0 Å². The van der Waals surface area contributed by atoms with Gasteiger partial charge < -0.3 is 5.43 Å². The SMILES string of the molecule is CCCc1n[nH]c(=S)n1NCc1ccccn1. The van der Waals surface area contributed by atoms with E-state index in [1.807, 2.05) is 22.9 Å². The number of nitrogens with one attached hydrogen (secondary N) is 2.